The fourth-order valence-electron chi connectivity index (χ4n) is 11.4. The predicted molar refractivity (Wildman–Crippen MR) is 155 cm³/mol. The molecule has 0 bridgehead atoms. The summed E-state index contributed by atoms with van der Waals surface area (Å²) in [6.07, 6.45) is 12.2. The smallest absolute Gasteiger partial charge is 0.307 e. The third-order valence-electron chi connectivity index (χ3n) is 13.6. The molecule has 0 aromatic heterocycles. The molecule has 1 aromatic carbocycles. The molecular formula is C33H49NO4S. The third kappa shape index (κ3) is 4.01. The van der Waals surface area contributed by atoms with Gasteiger partial charge in [0.25, 0.3) is 0 Å². The molecule has 1 aliphatic heterocycles. The van der Waals surface area contributed by atoms with E-state index in [1.54, 1.807) is 11.9 Å². The molecular weight excluding hydrogens is 506 g/mol. The summed E-state index contributed by atoms with van der Waals surface area (Å²) < 4.78 is 2.20. The normalized spacial score (nSPS) is 47.5. The number of aliphatic carboxylic acids is 1. The summed E-state index contributed by atoms with van der Waals surface area (Å²) in [7, 11) is 0. The van der Waals surface area contributed by atoms with Gasteiger partial charge >= 0.3 is 5.97 Å². The molecule has 6 rings (SSSR count). The molecule has 0 radical (unpaired) electrons. The first-order valence-corrected chi connectivity index (χ1v) is 16.3. The maximum atomic E-state index is 12.2. The molecule has 1 saturated heterocycles. The Bertz CT molecular complexity index is 1110. The van der Waals surface area contributed by atoms with Gasteiger partial charge in [0, 0.05) is 24.0 Å². The van der Waals surface area contributed by atoms with E-state index < -0.39 is 11.7 Å². The number of hydrogen-bond acceptors (Lipinski definition) is 5. The summed E-state index contributed by atoms with van der Waals surface area (Å²) in [5.41, 5.74) is 0.780. The molecule has 216 valence electrons. The predicted octanol–water partition coefficient (Wildman–Crippen LogP) is 6.76. The minimum atomic E-state index is -0.902. The number of benzene rings is 1. The lowest BCUT2D eigenvalue weighted by molar-refractivity contribution is -0.264. The van der Waals surface area contributed by atoms with Crippen molar-refractivity contribution in [1.29, 1.82) is 0 Å². The Morgan fingerprint density at radius 2 is 1.64 bits per heavy atom. The second-order valence-corrected chi connectivity index (χ2v) is 16.0. The molecule has 1 aromatic rings. The van der Waals surface area contributed by atoms with Crippen molar-refractivity contribution >= 4 is 17.9 Å². The number of nitrogens with zero attached hydrogens (tertiary/aromatic N) is 1. The van der Waals surface area contributed by atoms with Gasteiger partial charge in [-0.3, -0.25) is 4.79 Å². The van der Waals surface area contributed by atoms with Crippen molar-refractivity contribution in [3.63, 3.8) is 0 Å². The van der Waals surface area contributed by atoms with Crippen molar-refractivity contribution < 1.29 is 20.1 Å². The number of hydrogen-bond donors (Lipinski definition) is 3. The Hall–Kier alpha value is -1.08. The van der Waals surface area contributed by atoms with Crippen LogP contribution in [0, 0.1) is 45.3 Å². The Morgan fingerprint density at radius 1 is 0.897 bits per heavy atom. The monoisotopic (exact) mass is 555 g/mol. The molecule has 5 nitrogen and oxygen atoms in total. The van der Waals surface area contributed by atoms with Crippen molar-refractivity contribution in [2.24, 2.45) is 45.3 Å². The number of aliphatic hydroxyl groups is 2. The van der Waals surface area contributed by atoms with Gasteiger partial charge in [-0.25, -0.2) is 4.31 Å². The Labute approximate surface area is 239 Å². The summed E-state index contributed by atoms with van der Waals surface area (Å²) in [5, 5.41) is 31.8. The van der Waals surface area contributed by atoms with Gasteiger partial charge in [-0.15, -0.1) is 0 Å². The number of carbonyl (C=O) groups is 1. The Balaban J connectivity index is 1.24. The van der Waals surface area contributed by atoms with Gasteiger partial charge in [0.1, 0.15) is 5.72 Å². The maximum absolute atomic E-state index is 12.2. The third-order valence-corrected chi connectivity index (χ3v) is 14.9. The molecule has 5 aliphatic rings. The topological polar surface area (TPSA) is 81.0 Å². The number of piperidine rings is 1. The molecule has 8 unspecified atom stereocenters. The largest absolute Gasteiger partial charge is 0.481 e. The van der Waals surface area contributed by atoms with Crippen LogP contribution in [0.25, 0.3) is 0 Å². The number of carboxylic acid groups (broad SMARTS) is 1. The highest BCUT2D eigenvalue weighted by Crippen LogP contribution is 2.76. The van der Waals surface area contributed by atoms with E-state index in [4.69, 9.17) is 5.11 Å². The van der Waals surface area contributed by atoms with Crippen molar-refractivity contribution in [2.45, 2.75) is 109 Å². The number of rotatable bonds is 5. The molecule has 5 fully saturated rings. The van der Waals surface area contributed by atoms with Gasteiger partial charge in [-0.1, -0.05) is 39.3 Å². The minimum Gasteiger partial charge on any atom is -0.481 e. The van der Waals surface area contributed by atoms with Crippen LogP contribution in [-0.4, -0.2) is 44.5 Å². The van der Waals surface area contributed by atoms with Gasteiger partial charge in [0.05, 0.1) is 6.42 Å². The lowest BCUT2D eigenvalue weighted by Crippen LogP contribution is -2.69. The molecule has 0 spiro atoms. The van der Waals surface area contributed by atoms with E-state index in [2.05, 4.69) is 25.1 Å². The van der Waals surface area contributed by atoms with E-state index in [9.17, 15) is 15.0 Å². The molecule has 9 atom stereocenters. The van der Waals surface area contributed by atoms with E-state index in [-0.39, 0.29) is 28.6 Å². The van der Waals surface area contributed by atoms with Crippen molar-refractivity contribution in [3.8, 4) is 0 Å². The van der Waals surface area contributed by atoms with Gasteiger partial charge < -0.3 is 15.3 Å². The highest BCUT2D eigenvalue weighted by atomic mass is 32.2. The maximum Gasteiger partial charge on any atom is 0.307 e. The SMILES string of the molecule is CC12CCN(Sc3ccc(CC(=O)O)cc3)C(C)(O)C1CCC1(C)C2CCC2C3CCCC3(CO)CC[C@]21C. The van der Waals surface area contributed by atoms with Crippen LogP contribution in [0.15, 0.2) is 29.2 Å². The highest BCUT2D eigenvalue weighted by molar-refractivity contribution is 7.97. The van der Waals surface area contributed by atoms with Crippen molar-refractivity contribution in [3.05, 3.63) is 29.8 Å². The summed E-state index contributed by atoms with van der Waals surface area (Å²) in [6, 6.07) is 7.77. The average Bonchev–Trinajstić information content (AvgIpc) is 3.32. The van der Waals surface area contributed by atoms with E-state index in [0.717, 1.165) is 35.8 Å². The minimum absolute atomic E-state index is 0.0362. The lowest BCUT2D eigenvalue weighted by Gasteiger charge is -2.72. The second kappa shape index (κ2) is 9.47. The second-order valence-electron chi connectivity index (χ2n) is 14.9. The zero-order chi connectivity index (χ0) is 27.8. The number of carboxylic acids is 1. The Kier molecular flexibility index (Phi) is 6.81. The summed E-state index contributed by atoms with van der Waals surface area (Å²) in [4.78, 5) is 12.1. The quantitative estimate of drug-likeness (QED) is 0.348. The number of aliphatic hydroxyl groups excluding tert-OH is 1. The zero-order valence-corrected chi connectivity index (χ0v) is 25.2. The van der Waals surface area contributed by atoms with Crippen LogP contribution >= 0.6 is 11.9 Å². The molecule has 4 aliphatic carbocycles. The van der Waals surface area contributed by atoms with Crippen molar-refractivity contribution in [1.82, 2.24) is 4.31 Å². The summed E-state index contributed by atoms with van der Waals surface area (Å²) in [5.74, 6) is 1.43. The van der Waals surface area contributed by atoms with Crippen LogP contribution in [0.1, 0.15) is 97.5 Å². The zero-order valence-electron chi connectivity index (χ0n) is 24.4. The van der Waals surface area contributed by atoms with Crippen LogP contribution in [0.3, 0.4) is 0 Å². The molecule has 3 N–H and O–H groups in total. The molecule has 39 heavy (non-hydrogen) atoms. The fraction of sp³-hybridized carbons (Fsp3) is 0.788. The Morgan fingerprint density at radius 3 is 2.33 bits per heavy atom. The fourth-order valence-corrected chi connectivity index (χ4v) is 12.4. The lowest BCUT2D eigenvalue weighted by atomic mass is 9.34. The number of fused-ring (bicyclic) bond motifs is 7. The van der Waals surface area contributed by atoms with Gasteiger partial charge in [-0.05, 0) is 134 Å². The molecule has 6 heteroatoms. The van der Waals surface area contributed by atoms with Crippen LogP contribution in [0.2, 0.25) is 0 Å². The van der Waals surface area contributed by atoms with Crippen LogP contribution in [0.5, 0.6) is 0 Å². The van der Waals surface area contributed by atoms with E-state index >= 15 is 0 Å². The van der Waals surface area contributed by atoms with E-state index in [1.807, 2.05) is 31.2 Å². The highest BCUT2D eigenvalue weighted by Gasteiger charge is 2.70. The first kappa shape index (κ1) is 28.1. The summed E-state index contributed by atoms with van der Waals surface area (Å²) in [6.45, 7) is 11.0. The average molecular weight is 556 g/mol. The molecule has 1 heterocycles. The van der Waals surface area contributed by atoms with Gasteiger partial charge in [-0.2, -0.15) is 0 Å². The van der Waals surface area contributed by atoms with Gasteiger partial charge in [0.2, 0.25) is 0 Å². The van der Waals surface area contributed by atoms with Crippen LogP contribution in [0.4, 0.5) is 0 Å². The van der Waals surface area contributed by atoms with Crippen molar-refractivity contribution in [2.75, 3.05) is 13.2 Å². The van der Waals surface area contributed by atoms with Crippen LogP contribution in [-0.2, 0) is 11.2 Å². The molecule has 4 saturated carbocycles. The first-order valence-electron chi connectivity index (χ1n) is 15.5. The standard InChI is InChI=1S/C33H49NO4S/c1-29-18-19-34(39-23-9-7-22(8-10-23)20-28(36)37)32(4,38)27(29)13-15-31(3)26(29)12-11-24-25-6-5-14-33(25,21-35)17-16-30(24,31)2/h7-10,24-27,35,38H,5-6,11-21H2,1-4H3,(H,36,37)/t24?,25?,26?,27?,29?,30-,31?,32?,33?/m1/s1. The van der Waals surface area contributed by atoms with E-state index in [0.29, 0.717) is 23.9 Å². The first-order chi connectivity index (χ1) is 18.4. The van der Waals surface area contributed by atoms with E-state index in [1.165, 1.54) is 51.4 Å². The van der Waals surface area contributed by atoms with Gasteiger partial charge in [0.15, 0.2) is 0 Å². The summed E-state index contributed by atoms with van der Waals surface area (Å²) >= 11 is 1.62. The molecule has 0 amide bonds. The van der Waals surface area contributed by atoms with Crippen LogP contribution < -0.4 is 0 Å².